The number of benzene rings is 2. The number of nitrogens with one attached hydrogen (secondary N) is 2. The first kappa shape index (κ1) is 17.9. The molecule has 0 saturated heterocycles. The van der Waals surface area contributed by atoms with Crippen molar-refractivity contribution < 1.29 is 9.53 Å². The largest absolute Gasteiger partial charge is 0.496 e. The van der Waals surface area contributed by atoms with Crippen LogP contribution in [-0.2, 0) is 6.54 Å². The van der Waals surface area contributed by atoms with Crippen LogP contribution in [0, 0.1) is 11.3 Å². The lowest BCUT2D eigenvalue weighted by Gasteiger charge is -2.10. The molecule has 3 rings (SSSR count). The van der Waals surface area contributed by atoms with Crippen molar-refractivity contribution in [2.75, 3.05) is 12.4 Å². The van der Waals surface area contributed by atoms with Crippen molar-refractivity contribution in [3.05, 3.63) is 77.6 Å². The Morgan fingerprint density at radius 2 is 1.81 bits per heavy atom. The Morgan fingerprint density at radius 3 is 2.56 bits per heavy atom. The highest BCUT2D eigenvalue weighted by molar-refractivity contribution is 5.93. The molecule has 2 aromatic carbocycles. The molecule has 0 aliphatic carbocycles. The van der Waals surface area contributed by atoms with Crippen LogP contribution >= 0.6 is 0 Å². The minimum Gasteiger partial charge on any atom is -0.496 e. The molecule has 1 heterocycles. The molecule has 0 unspecified atom stereocenters. The molecule has 3 aromatic rings. The molecule has 0 spiro atoms. The van der Waals surface area contributed by atoms with Crippen LogP contribution in [-0.4, -0.2) is 23.0 Å². The van der Waals surface area contributed by atoms with E-state index in [1.165, 1.54) is 12.4 Å². The summed E-state index contributed by atoms with van der Waals surface area (Å²) in [5.41, 5.74) is 2.30. The average molecular weight is 359 g/mol. The maximum atomic E-state index is 12.3. The number of rotatable bonds is 6. The van der Waals surface area contributed by atoms with E-state index in [0.29, 0.717) is 35.1 Å². The number of hydrogen-bond donors (Lipinski definition) is 2. The van der Waals surface area contributed by atoms with Crippen molar-refractivity contribution in [3.8, 4) is 11.8 Å². The summed E-state index contributed by atoms with van der Waals surface area (Å²) in [5, 5.41) is 14.9. The van der Waals surface area contributed by atoms with Crippen molar-refractivity contribution in [2.24, 2.45) is 0 Å². The van der Waals surface area contributed by atoms with Crippen LogP contribution in [0.4, 0.5) is 11.6 Å². The summed E-state index contributed by atoms with van der Waals surface area (Å²) in [5.74, 6) is 0.730. The van der Waals surface area contributed by atoms with Crippen LogP contribution in [0.1, 0.15) is 21.5 Å². The molecule has 134 valence electrons. The van der Waals surface area contributed by atoms with Crippen LogP contribution < -0.4 is 15.4 Å². The van der Waals surface area contributed by atoms with Crippen LogP contribution in [0.5, 0.6) is 5.75 Å². The maximum absolute atomic E-state index is 12.3. The molecule has 2 N–H and O–H groups in total. The van der Waals surface area contributed by atoms with Crippen molar-refractivity contribution in [2.45, 2.75) is 6.54 Å². The maximum Gasteiger partial charge on any atom is 0.254 e. The Morgan fingerprint density at radius 1 is 1.11 bits per heavy atom. The topological polar surface area (TPSA) is 99.9 Å². The fourth-order valence-electron chi connectivity index (χ4n) is 2.45. The number of nitrogens with zero attached hydrogens (tertiary/aromatic N) is 3. The predicted molar refractivity (Wildman–Crippen MR) is 101 cm³/mol. The molecule has 0 radical (unpaired) electrons. The molecule has 1 aromatic heterocycles. The zero-order valence-electron chi connectivity index (χ0n) is 14.6. The monoisotopic (exact) mass is 359 g/mol. The Labute approximate surface area is 156 Å². The molecule has 0 aliphatic heterocycles. The molecule has 0 saturated carbocycles. The highest BCUT2D eigenvalue weighted by Gasteiger charge is 2.09. The lowest BCUT2D eigenvalue weighted by atomic mass is 10.2. The summed E-state index contributed by atoms with van der Waals surface area (Å²) in [4.78, 5) is 20.6. The van der Waals surface area contributed by atoms with E-state index >= 15 is 0 Å². The molecule has 0 atom stereocenters. The van der Waals surface area contributed by atoms with Crippen molar-refractivity contribution in [1.29, 1.82) is 5.26 Å². The van der Waals surface area contributed by atoms with E-state index in [4.69, 9.17) is 10.00 Å². The zero-order chi connectivity index (χ0) is 19.1. The van der Waals surface area contributed by atoms with Gasteiger partial charge in [0.05, 0.1) is 23.9 Å². The SMILES string of the molecule is COc1ccccc1CNC(=O)c1cnc(Nc2ccccc2C#N)nc1. The fraction of sp³-hybridized carbons (Fsp3) is 0.100. The second-order valence-corrected chi connectivity index (χ2v) is 5.57. The van der Waals surface area contributed by atoms with Crippen LogP contribution in [0.15, 0.2) is 60.9 Å². The summed E-state index contributed by atoms with van der Waals surface area (Å²) in [6, 6.07) is 16.6. The predicted octanol–water partition coefficient (Wildman–Crippen LogP) is 3.03. The van der Waals surface area contributed by atoms with Gasteiger partial charge in [0.15, 0.2) is 0 Å². The second kappa shape index (κ2) is 8.45. The van der Waals surface area contributed by atoms with Crippen LogP contribution in [0.2, 0.25) is 0 Å². The minimum atomic E-state index is -0.287. The van der Waals surface area contributed by atoms with E-state index in [0.717, 1.165) is 5.56 Å². The van der Waals surface area contributed by atoms with E-state index in [2.05, 4.69) is 26.7 Å². The summed E-state index contributed by atoms with van der Waals surface area (Å²) in [7, 11) is 1.59. The molecule has 1 amide bonds. The van der Waals surface area contributed by atoms with Gasteiger partial charge in [-0.25, -0.2) is 9.97 Å². The number of methoxy groups -OCH3 is 1. The quantitative estimate of drug-likeness (QED) is 0.702. The molecular formula is C20H17N5O2. The van der Waals surface area contributed by atoms with Gasteiger partial charge in [-0.15, -0.1) is 0 Å². The highest BCUT2D eigenvalue weighted by Crippen LogP contribution is 2.18. The van der Waals surface area contributed by atoms with Gasteiger partial charge in [0, 0.05) is 24.5 Å². The Balaban J connectivity index is 1.64. The molecule has 7 heteroatoms. The number of para-hydroxylation sites is 2. The average Bonchev–Trinajstić information content (AvgIpc) is 2.73. The molecule has 0 aliphatic rings. The lowest BCUT2D eigenvalue weighted by molar-refractivity contribution is 0.0950. The van der Waals surface area contributed by atoms with E-state index in [1.54, 1.807) is 25.3 Å². The summed E-state index contributed by atoms with van der Waals surface area (Å²) < 4.78 is 5.27. The normalized spacial score (nSPS) is 9.93. The minimum absolute atomic E-state index is 0.287. The Bertz CT molecular complexity index is 980. The number of amides is 1. The number of nitriles is 1. The fourth-order valence-corrected chi connectivity index (χ4v) is 2.45. The van der Waals surface area contributed by atoms with Gasteiger partial charge in [-0.1, -0.05) is 30.3 Å². The molecule has 7 nitrogen and oxygen atoms in total. The molecule has 0 fully saturated rings. The molecule has 27 heavy (non-hydrogen) atoms. The molecule has 0 bridgehead atoms. The van der Waals surface area contributed by atoms with Crippen molar-refractivity contribution in [3.63, 3.8) is 0 Å². The van der Waals surface area contributed by atoms with Gasteiger partial charge in [0.2, 0.25) is 5.95 Å². The lowest BCUT2D eigenvalue weighted by Crippen LogP contribution is -2.23. The van der Waals surface area contributed by atoms with Gasteiger partial charge in [-0.3, -0.25) is 4.79 Å². The number of carbonyl (C=O) groups is 1. The van der Waals surface area contributed by atoms with Gasteiger partial charge in [0.1, 0.15) is 11.8 Å². The van der Waals surface area contributed by atoms with Gasteiger partial charge < -0.3 is 15.4 Å². The number of aromatic nitrogens is 2. The third-order valence-electron chi connectivity index (χ3n) is 3.84. The van der Waals surface area contributed by atoms with Gasteiger partial charge in [-0.2, -0.15) is 5.26 Å². The smallest absolute Gasteiger partial charge is 0.254 e. The van der Waals surface area contributed by atoms with Crippen LogP contribution in [0.25, 0.3) is 0 Å². The van der Waals surface area contributed by atoms with E-state index in [-0.39, 0.29) is 5.91 Å². The van der Waals surface area contributed by atoms with Gasteiger partial charge >= 0.3 is 0 Å². The summed E-state index contributed by atoms with van der Waals surface area (Å²) in [6.45, 7) is 0.332. The Hall–Kier alpha value is -3.92. The van der Waals surface area contributed by atoms with Crippen molar-refractivity contribution in [1.82, 2.24) is 15.3 Å². The van der Waals surface area contributed by atoms with Gasteiger partial charge in [0.25, 0.3) is 5.91 Å². The standard InChI is InChI=1S/C20H17N5O2/c1-27-18-9-5-3-7-15(18)11-22-19(26)16-12-23-20(24-13-16)25-17-8-4-2-6-14(17)10-21/h2-9,12-13H,11H2,1H3,(H,22,26)(H,23,24,25). The number of ether oxygens (including phenoxy) is 1. The van der Waals surface area contributed by atoms with E-state index < -0.39 is 0 Å². The third kappa shape index (κ3) is 4.38. The number of carbonyl (C=O) groups excluding carboxylic acids is 1. The second-order valence-electron chi connectivity index (χ2n) is 5.57. The first-order chi connectivity index (χ1) is 13.2. The zero-order valence-corrected chi connectivity index (χ0v) is 14.6. The first-order valence-corrected chi connectivity index (χ1v) is 8.19. The molecular weight excluding hydrogens is 342 g/mol. The highest BCUT2D eigenvalue weighted by atomic mass is 16.5. The summed E-state index contributed by atoms with van der Waals surface area (Å²) in [6.07, 6.45) is 2.86. The van der Waals surface area contributed by atoms with Crippen LogP contribution in [0.3, 0.4) is 0 Å². The number of anilines is 2. The van der Waals surface area contributed by atoms with Gasteiger partial charge in [-0.05, 0) is 18.2 Å². The Kier molecular flexibility index (Phi) is 5.60. The first-order valence-electron chi connectivity index (χ1n) is 8.19. The number of hydrogen-bond acceptors (Lipinski definition) is 6. The third-order valence-corrected chi connectivity index (χ3v) is 3.84. The van der Waals surface area contributed by atoms with E-state index in [9.17, 15) is 4.79 Å². The van der Waals surface area contributed by atoms with E-state index in [1.807, 2.05) is 30.3 Å². The van der Waals surface area contributed by atoms with Crippen molar-refractivity contribution >= 4 is 17.5 Å². The summed E-state index contributed by atoms with van der Waals surface area (Å²) >= 11 is 0.